The number of nitrogen functional groups attached to an aromatic ring is 1. The van der Waals surface area contributed by atoms with Gasteiger partial charge in [0.15, 0.2) is 22.7 Å². The number of fused-ring (bicyclic) bond motifs is 1. The van der Waals surface area contributed by atoms with E-state index in [4.69, 9.17) is 10.6 Å². The Morgan fingerprint density at radius 3 is 2.81 bits per heavy atom. The fraction of sp³-hybridized carbons (Fsp3) is 0.375. The van der Waals surface area contributed by atoms with Crippen LogP contribution in [0.4, 0.5) is 5.13 Å². The van der Waals surface area contributed by atoms with Crippen molar-refractivity contribution in [3.05, 3.63) is 27.9 Å². The standard InChI is InChI=1S/C16H17N9O5S2/c1-6-20-23-24(21-6)3-7-4-31-14-10(13(27)25(14)11(7)15(28)29)19-12(26)9(22-30-2)8-5-32-16(17)18-8/h4-5,10-11,14H,3H2,1-2H3,(H2,17,18)(H,19,26)(H,28,29). The largest absolute Gasteiger partial charge is 0.479 e. The lowest BCUT2D eigenvalue weighted by Crippen LogP contribution is -2.74. The van der Waals surface area contributed by atoms with E-state index in [1.165, 1.54) is 33.9 Å². The number of aryl methyl sites for hydroxylation is 1. The normalized spacial score (nSPS) is 22.6. The second-order valence-corrected chi connectivity index (χ2v) is 8.60. The van der Waals surface area contributed by atoms with Gasteiger partial charge >= 0.3 is 5.97 Å². The second kappa shape index (κ2) is 8.54. The first kappa shape index (κ1) is 21.7. The summed E-state index contributed by atoms with van der Waals surface area (Å²) in [7, 11) is 1.27. The van der Waals surface area contributed by atoms with Crippen LogP contribution in [0.1, 0.15) is 11.5 Å². The first-order valence-electron chi connectivity index (χ1n) is 9.07. The van der Waals surface area contributed by atoms with Crippen LogP contribution in [0.5, 0.6) is 0 Å². The molecule has 14 nitrogen and oxygen atoms in total. The molecule has 2 aromatic heterocycles. The molecule has 4 heterocycles. The molecule has 2 amide bonds. The third-order valence-electron chi connectivity index (χ3n) is 4.63. The van der Waals surface area contributed by atoms with E-state index in [0.717, 1.165) is 11.3 Å². The van der Waals surface area contributed by atoms with Crippen molar-refractivity contribution in [3.63, 3.8) is 0 Å². The van der Waals surface area contributed by atoms with Crippen LogP contribution in [0.2, 0.25) is 0 Å². The zero-order valence-corrected chi connectivity index (χ0v) is 18.3. The molecule has 3 atom stereocenters. The molecule has 168 valence electrons. The summed E-state index contributed by atoms with van der Waals surface area (Å²) >= 11 is 2.34. The highest BCUT2D eigenvalue weighted by Crippen LogP contribution is 2.40. The maximum atomic E-state index is 12.8. The van der Waals surface area contributed by atoms with Crippen molar-refractivity contribution in [2.75, 3.05) is 12.8 Å². The van der Waals surface area contributed by atoms with Gasteiger partial charge in [-0.2, -0.15) is 4.80 Å². The number of thiazole rings is 1. The van der Waals surface area contributed by atoms with Gasteiger partial charge < -0.3 is 25.9 Å². The van der Waals surface area contributed by atoms with Crippen LogP contribution in [-0.4, -0.2) is 83.3 Å². The Labute approximate surface area is 188 Å². The van der Waals surface area contributed by atoms with E-state index in [-0.39, 0.29) is 23.1 Å². The predicted molar refractivity (Wildman–Crippen MR) is 112 cm³/mol. The Hall–Kier alpha value is -3.53. The first-order chi connectivity index (χ1) is 15.3. The van der Waals surface area contributed by atoms with Gasteiger partial charge in [0.1, 0.15) is 24.2 Å². The van der Waals surface area contributed by atoms with Crippen LogP contribution in [0, 0.1) is 6.92 Å². The number of tetrazole rings is 1. The van der Waals surface area contributed by atoms with Crippen LogP contribution in [-0.2, 0) is 25.8 Å². The number of carbonyl (C=O) groups is 3. The number of carboxylic acids is 1. The molecular weight excluding hydrogens is 462 g/mol. The average molecular weight is 480 g/mol. The van der Waals surface area contributed by atoms with E-state index < -0.39 is 35.2 Å². The molecular formula is C16H17N9O5S2. The SMILES string of the molecule is CON=C(C(=O)NC1C(=O)N2C(C(=O)O)C(Cn3nnc(C)n3)=CSC12)c1csc(N)n1. The number of rotatable bonds is 7. The molecule has 16 heteroatoms. The fourth-order valence-corrected chi connectivity index (χ4v) is 5.06. The van der Waals surface area contributed by atoms with Gasteiger partial charge in [-0.1, -0.05) is 5.16 Å². The number of oxime groups is 1. The molecule has 32 heavy (non-hydrogen) atoms. The van der Waals surface area contributed by atoms with E-state index in [0.29, 0.717) is 11.4 Å². The van der Waals surface area contributed by atoms with Crippen molar-refractivity contribution in [1.82, 2.24) is 35.4 Å². The molecule has 0 spiro atoms. The van der Waals surface area contributed by atoms with Gasteiger partial charge in [-0.05, 0) is 23.1 Å². The van der Waals surface area contributed by atoms with Crippen molar-refractivity contribution in [2.24, 2.45) is 5.16 Å². The number of nitrogens with two attached hydrogens (primary N) is 1. The van der Waals surface area contributed by atoms with Crippen LogP contribution in [0.15, 0.2) is 21.5 Å². The molecule has 0 saturated carbocycles. The van der Waals surface area contributed by atoms with Crippen molar-refractivity contribution in [2.45, 2.75) is 30.9 Å². The molecule has 2 aliphatic heterocycles. The van der Waals surface area contributed by atoms with Gasteiger partial charge in [-0.3, -0.25) is 9.59 Å². The summed E-state index contributed by atoms with van der Waals surface area (Å²) in [4.78, 5) is 48.7. The molecule has 2 aromatic rings. The lowest BCUT2D eigenvalue weighted by Gasteiger charge is -2.51. The Kier molecular flexibility index (Phi) is 5.79. The van der Waals surface area contributed by atoms with Gasteiger partial charge in [0.05, 0.1) is 6.54 Å². The van der Waals surface area contributed by atoms with Gasteiger partial charge in [0.25, 0.3) is 5.91 Å². The highest BCUT2D eigenvalue weighted by atomic mass is 32.2. The number of carboxylic acid groups (broad SMARTS) is 1. The summed E-state index contributed by atoms with van der Waals surface area (Å²) in [6, 6.07) is -2.16. The molecule has 4 rings (SSSR count). The smallest absolute Gasteiger partial charge is 0.330 e. The Morgan fingerprint density at radius 1 is 1.44 bits per heavy atom. The third kappa shape index (κ3) is 3.89. The molecule has 0 radical (unpaired) electrons. The van der Waals surface area contributed by atoms with Crippen LogP contribution in [0.25, 0.3) is 0 Å². The Morgan fingerprint density at radius 2 is 2.22 bits per heavy atom. The lowest BCUT2D eigenvalue weighted by molar-refractivity contribution is -0.159. The lowest BCUT2D eigenvalue weighted by atomic mass is 9.97. The summed E-state index contributed by atoms with van der Waals surface area (Å²) in [6.07, 6.45) is 0. The fourth-order valence-electron chi connectivity index (χ4n) is 3.29. The number of carbonyl (C=O) groups excluding carboxylic acids is 2. The summed E-state index contributed by atoms with van der Waals surface area (Å²) in [5.41, 5.74) is 6.09. The number of aromatic nitrogens is 5. The minimum atomic E-state index is -1.21. The molecule has 1 fully saturated rings. The van der Waals surface area contributed by atoms with E-state index in [1.807, 2.05) is 0 Å². The zero-order valence-electron chi connectivity index (χ0n) is 16.7. The van der Waals surface area contributed by atoms with E-state index in [2.05, 4.69) is 30.9 Å². The van der Waals surface area contributed by atoms with Crippen LogP contribution in [0.3, 0.4) is 0 Å². The number of hydrogen-bond donors (Lipinski definition) is 3. The Balaban J connectivity index is 1.52. The number of nitrogens with one attached hydrogen (secondary N) is 1. The maximum Gasteiger partial charge on any atom is 0.330 e. The van der Waals surface area contributed by atoms with Gasteiger partial charge in [-0.25, -0.2) is 9.78 Å². The number of amides is 2. The number of aliphatic carboxylic acids is 1. The summed E-state index contributed by atoms with van der Waals surface area (Å²) in [5, 5.41) is 30.5. The summed E-state index contributed by atoms with van der Waals surface area (Å²) in [6.45, 7) is 1.72. The number of anilines is 1. The number of hydrogen-bond acceptors (Lipinski definition) is 12. The quantitative estimate of drug-likeness (QED) is 0.246. The van der Waals surface area contributed by atoms with Crippen molar-refractivity contribution in [1.29, 1.82) is 0 Å². The number of thioether (sulfide) groups is 1. The Bertz CT molecular complexity index is 1140. The molecule has 4 N–H and O–H groups in total. The van der Waals surface area contributed by atoms with Crippen molar-refractivity contribution < 1.29 is 24.3 Å². The first-order valence-corrected chi connectivity index (χ1v) is 10.9. The van der Waals surface area contributed by atoms with Gasteiger partial charge in [0, 0.05) is 5.38 Å². The van der Waals surface area contributed by atoms with Crippen LogP contribution < -0.4 is 11.1 Å². The minimum Gasteiger partial charge on any atom is -0.479 e. The number of nitrogens with zero attached hydrogens (tertiary/aromatic N) is 7. The zero-order chi connectivity index (χ0) is 23.0. The molecule has 0 aromatic carbocycles. The highest BCUT2D eigenvalue weighted by molar-refractivity contribution is 8.02. The third-order valence-corrected chi connectivity index (χ3v) is 6.52. The number of β-lactam (4-membered cyclic amide) rings is 1. The van der Waals surface area contributed by atoms with E-state index in [1.54, 1.807) is 12.3 Å². The van der Waals surface area contributed by atoms with Crippen molar-refractivity contribution >= 4 is 51.7 Å². The monoisotopic (exact) mass is 479 g/mol. The molecule has 3 unspecified atom stereocenters. The average Bonchev–Trinajstić information content (AvgIpc) is 3.37. The van der Waals surface area contributed by atoms with Gasteiger partial charge in [0.2, 0.25) is 5.91 Å². The van der Waals surface area contributed by atoms with Crippen molar-refractivity contribution in [3.8, 4) is 0 Å². The highest BCUT2D eigenvalue weighted by Gasteiger charge is 2.56. The second-order valence-electron chi connectivity index (χ2n) is 6.72. The minimum absolute atomic E-state index is 0.0637. The van der Waals surface area contributed by atoms with E-state index in [9.17, 15) is 19.5 Å². The molecule has 1 saturated heterocycles. The maximum absolute atomic E-state index is 12.8. The topological polar surface area (TPSA) is 191 Å². The summed E-state index contributed by atoms with van der Waals surface area (Å²) in [5.74, 6) is -1.99. The predicted octanol–water partition coefficient (Wildman–Crippen LogP) is -1.19. The molecule has 0 aliphatic carbocycles. The summed E-state index contributed by atoms with van der Waals surface area (Å²) < 4.78 is 0. The molecule has 0 bridgehead atoms. The van der Waals surface area contributed by atoms with Gasteiger partial charge in [-0.15, -0.1) is 33.3 Å². The van der Waals surface area contributed by atoms with Crippen LogP contribution >= 0.6 is 23.1 Å². The van der Waals surface area contributed by atoms with E-state index >= 15 is 0 Å². The molecule has 2 aliphatic rings.